The average molecular weight is 174 g/mol. The summed E-state index contributed by atoms with van der Waals surface area (Å²) in [6, 6.07) is 0. The van der Waals surface area contributed by atoms with Crippen molar-refractivity contribution in [1.82, 2.24) is 0 Å². The molecule has 1 unspecified atom stereocenters. The molecule has 2 bridgehead atoms. The Kier molecular flexibility index (Phi) is 0.526. The second-order valence-corrected chi connectivity index (χ2v) is 6.93. The van der Waals surface area contributed by atoms with Crippen molar-refractivity contribution in [3.63, 3.8) is 0 Å². The standard InChI is InChI=1S/C4O2P2S/c5-7-3-1-2-4(9-3)8(1,2)6. The summed E-state index contributed by atoms with van der Waals surface area (Å²) < 4.78 is 23.3. The summed E-state index contributed by atoms with van der Waals surface area (Å²) in [5.74, 6) is 0. The van der Waals surface area contributed by atoms with Gasteiger partial charge >= 0.3 is 0 Å². The largest absolute Gasteiger partial charge is 0.308 e. The second-order valence-electron chi connectivity index (χ2n) is 2.11. The fourth-order valence-corrected chi connectivity index (χ4v) is 7.66. The van der Waals surface area contributed by atoms with Gasteiger partial charge in [-0.2, -0.15) is 0 Å². The molecule has 1 atom stereocenters. The van der Waals surface area contributed by atoms with E-state index in [0.717, 1.165) is 19.8 Å². The van der Waals surface area contributed by atoms with Gasteiger partial charge in [0.1, 0.15) is 4.62 Å². The minimum atomic E-state index is -1.90. The first-order valence-electron chi connectivity index (χ1n) is 2.42. The molecule has 1 aromatic rings. The highest BCUT2D eigenvalue weighted by atomic mass is 32.1. The third-order valence-electron chi connectivity index (χ3n) is 1.72. The van der Waals surface area contributed by atoms with Crippen molar-refractivity contribution in [2.24, 2.45) is 0 Å². The molecule has 0 spiro atoms. The van der Waals surface area contributed by atoms with Crippen LogP contribution in [0.15, 0.2) is 0 Å². The smallest absolute Gasteiger partial charge is 0.204 e. The molecule has 2 nitrogen and oxygen atoms in total. The number of rotatable bonds is 1. The highest BCUT2D eigenvalue weighted by Crippen LogP contribution is 2.68. The predicted molar refractivity (Wildman–Crippen MR) is 38.1 cm³/mol. The molecule has 0 saturated heterocycles. The summed E-state index contributed by atoms with van der Waals surface area (Å²) >= 11 is 1.45. The molecule has 9 heavy (non-hydrogen) atoms. The molecule has 44 valence electrons. The number of fused-ring (bicyclic) bond motifs is 1. The third-order valence-corrected chi connectivity index (χ3v) is 7.43. The maximum absolute atomic E-state index is 11.2. The van der Waals surface area contributed by atoms with E-state index in [4.69, 9.17) is 0 Å². The van der Waals surface area contributed by atoms with E-state index < -0.39 is 7.14 Å². The molecule has 0 saturated carbocycles. The first-order chi connectivity index (χ1) is 4.30. The molecule has 0 fully saturated rings. The van der Waals surface area contributed by atoms with Crippen LogP contribution in [0.25, 0.3) is 0 Å². The zero-order valence-corrected chi connectivity index (χ0v) is 6.72. The molecule has 0 aromatic carbocycles. The monoisotopic (exact) mass is 174 g/mol. The summed E-state index contributed by atoms with van der Waals surface area (Å²) in [6.07, 6.45) is 0. The zero-order valence-electron chi connectivity index (χ0n) is 4.12. The highest BCUT2D eigenvalue weighted by Gasteiger charge is 2.71. The fraction of sp³-hybridized carbons (Fsp3) is 0. The summed E-state index contributed by atoms with van der Waals surface area (Å²) in [5, 5.41) is 2.00. The molecule has 0 radical (unpaired) electrons. The molecular weight excluding hydrogens is 174 g/mol. The molecule has 0 aliphatic carbocycles. The van der Waals surface area contributed by atoms with Gasteiger partial charge in [0.15, 0.2) is 7.14 Å². The molecule has 5 heteroatoms. The minimum absolute atomic E-state index is 0.0470. The van der Waals surface area contributed by atoms with Crippen molar-refractivity contribution < 1.29 is 9.13 Å². The summed E-state index contributed by atoms with van der Waals surface area (Å²) in [7, 11) is -1.85. The SMILES string of the molecule is O=Pc1sc2c3c1P23=O. The van der Waals surface area contributed by atoms with Crippen molar-refractivity contribution in [2.75, 3.05) is 0 Å². The lowest BCUT2D eigenvalue weighted by molar-refractivity contribution is 0.597. The van der Waals surface area contributed by atoms with E-state index in [0.29, 0.717) is 0 Å². The Morgan fingerprint density at radius 1 is 1.44 bits per heavy atom. The van der Waals surface area contributed by atoms with E-state index in [-0.39, 0.29) is 8.46 Å². The number of hydrogen-bond acceptors (Lipinski definition) is 3. The van der Waals surface area contributed by atoms with Crippen molar-refractivity contribution >= 4 is 46.8 Å². The van der Waals surface area contributed by atoms with Crippen LogP contribution >= 0.6 is 26.9 Å². The molecule has 4 rings (SSSR count). The summed E-state index contributed by atoms with van der Waals surface area (Å²) in [6.45, 7) is 0. The Labute approximate surface area is 56.5 Å². The lowest BCUT2D eigenvalue weighted by Crippen LogP contribution is -2.03. The van der Waals surface area contributed by atoms with Gasteiger partial charge in [-0.3, -0.25) is 4.57 Å². The Morgan fingerprint density at radius 2 is 2.11 bits per heavy atom. The molecule has 0 N–H and O–H groups in total. The Bertz CT molecular complexity index is 383. The van der Waals surface area contributed by atoms with Gasteiger partial charge in [0, 0.05) is 0 Å². The maximum atomic E-state index is 11.2. The predicted octanol–water partition coefficient (Wildman–Crippen LogP) is -0.0687. The van der Waals surface area contributed by atoms with Crippen LogP contribution in [-0.4, -0.2) is 0 Å². The lowest BCUT2D eigenvalue weighted by atomic mass is 10.7. The van der Waals surface area contributed by atoms with Gasteiger partial charge in [-0.15, -0.1) is 11.3 Å². The van der Waals surface area contributed by atoms with Crippen LogP contribution in [0.5, 0.6) is 0 Å². The van der Waals surface area contributed by atoms with E-state index in [2.05, 4.69) is 0 Å². The molecular formula is C4O2P2S. The van der Waals surface area contributed by atoms with Gasteiger partial charge in [-0.1, -0.05) is 0 Å². The first-order valence-corrected chi connectivity index (χ1v) is 5.75. The van der Waals surface area contributed by atoms with Crippen molar-refractivity contribution in [3.8, 4) is 0 Å². The summed E-state index contributed by atoms with van der Waals surface area (Å²) in [4.78, 5) is 0. The van der Waals surface area contributed by atoms with Crippen LogP contribution in [0.4, 0.5) is 0 Å². The van der Waals surface area contributed by atoms with Crippen molar-refractivity contribution in [3.05, 3.63) is 0 Å². The second kappa shape index (κ2) is 0.989. The van der Waals surface area contributed by atoms with E-state index in [1.54, 1.807) is 0 Å². The van der Waals surface area contributed by atoms with Crippen LogP contribution in [0.1, 0.15) is 0 Å². The quantitative estimate of drug-likeness (QED) is 0.484. The van der Waals surface area contributed by atoms with E-state index in [1.807, 2.05) is 0 Å². The third kappa shape index (κ3) is 0.285. The maximum Gasteiger partial charge on any atom is 0.204 e. The number of thiophene rings is 1. The Hall–Kier alpha value is 0.0300. The summed E-state index contributed by atoms with van der Waals surface area (Å²) in [5.41, 5.74) is 0. The molecule has 1 aromatic heterocycles. The van der Waals surface area contributed by atoms with Gasteiger partial charge < -0.3 is 4.57 Å². The fourth-order valence-electron chi connectivity index (χ4n) is 1.14. The highest BCUT2D eigenvalue weighted by molar-refractivity contribution is 8.13. The normalized spacial score (nSPS) is 32.4. The molecule has 0 amide bonds. The van der Waals surface area contributed by atoms with E-state index in [1.165, 1.54) is 11.3 Å². The molecule has 3 aliphatic heterocycles. The van der Waals surface area contributed by atoms with Crippen LogP contribution in [0.3, 0.4) is 0 Å². The lowest BCUT2D eigenvalue weighted by Gasteiger charge is -1.68. The van der Waals surface area contributed by atoms with Gasteiger partial charge in [-0.05, 0) is 0 Å². The minimum Gasteiger partial charge on any atom is -0.308 e. The van der Waals surface area contributed by atoms with Crippen LogP contribution in [0, 0.1) is 0 Å². The average Bonchev–Trinajstić information content (AvgIpc) is 2.56. The Morgan fingerprint density at radius 3 is 2.33 bits per heavy atom. The van der Waals surface area contributed by atoms with Gasteiger partial charge in [-0.25, -0.2) is 0 Å². The van der Waals surface area contributed by atoms with Crippen molar-refractivity contribution in [1.29, 1.82) is 0 Å². The van der Waals surface area contributed by atoms with Crippen LogP contribution in [0.2, 0.25) is 0 Å². The molecule has 4 heterocycles. The van der Waals surface area contributed by atoms with E-state index in [9.17, 15) is 9.13 Å². The topological polar surface area (TPSA) is 34.1 Å². The first kappa shape index (κ1) is 4.79. The van der Waals surface area contributed by atoms with Gasteiger partial charge in [0.2, 0.25) is 8.46 Å². The van der Waals surface area contributed by atoms with Gasteiger partial charge in [0.05, 0.1) is 15.2 Å². The van der Waals surface area contributed by atoms with Crippen molar-refractivity contribution in [2.45, 2.75) is 0 Å². The van der Waals surface area contributed by atoms with Gasteiger partial charge in [0.25, 0.3) is 0 Å². The van der Waals surface area contributed by atoms with E-state index >= 15 is 0 Å². The van der Waals surface area contributed by atoms with Crippen LogP contribution < -0.4 is 19.8 Å². The molecule has 3 aliphatic rings. The van der Waals surface area contributed by atoms with Crippen LogP contribution in [-0.2, 0) is 9.13 Å². The Balaban J connectivity index is 2.50. The number of hydrogen-bond donors (Lipinski definition) is 0. The zero-order chi connectivity index (χ0) is 6.22.